The Balaban J connectivity index is 1.38. The Bertz CT molecular complexity index is 723. The van der Waals surface area contributed by atoms with Crippen molar-refractivity contribution < 1.29 is 4.79 Å². The molecule has 2 aliphatic rings. The minimum atomic E-state index is 0.268. The van der Waals surface area contributed by atoms with Crippen LogP contribution in [-0.2, 0) is 4.79 Å². The van der Waals surface area contributed by atoms with Crippen LogP contribution in [0.2, 0.25) is 0 Å². The molecular formula is C18H26N6O. The highest BCUT2D eigenvalue weighted by atomic mass is 16.2. The summed E-state index contributed by atoms with van der Waals surface area (Å²) in [7, 11) is 0. The van der Waals surface area contributed by atoms with E-state index in [1.807, 2.05) is 0 Å². The number of aromatic amines is 1. The van der Waals surface area contributed by atoms with Gasteiger partial charge in [0, 0.05) is 25.0 Å². The summed E-state index contributed by atoms with van der Waals surface area (Å²) in [6.07, 6.45) is 12.1. The summed E-state index contributed by atoms with van der Waals surface area (Å²) in [6, 6.07) is 0.325. The van der Waals surface area contributed by atoms with Crippen molar-refractivity contribution in [3.8, 4) is 0 Å². The van der Waals surface area contributed by atoms with E-state index < -0.39 is 0 Å². The third-order valence-electron chi connectivity index (χ3n) is 5.56. The number of aromatic nitrogens is 4. The zero-order valence-electron chi connectivity index (χ0n) is 14.6. The van der Waals surface area contributed by atoms with E-state index in [-0.39, 0.29) is 5.92 Å². The molecule has 2 aromatic rings. The second kappa shape index (κ2) is 7.37. The topological polar surface area (TPSA) is 86.8 Å². The quantitative estimate of drug-likeness (QED) is 0.895. The lowest BCUT2D eigenvalue weighted by atomic mass is 9.88. The fraction of sp³-hybridized carbons (Fsp3) is 0.667. The van der Waals surface area contributed by atoms with Gasteiger partial charge in [0.1, 0.15) is 11.8 Å². The lowest BCUT2D eigenvalue weighted by molar-refractivity contribution is -0.136. The Kier molecular flexibility index (Phi) is 4.81. The average molecular weight is 342 g/mol. The van der Waals surface area contributed by atoms with Crippen molar-refractivity contribution in [3.05, 3.63) is 12.7 Å². The van der Waals surface area contributed by atoms with Gasteiger partial charge in [-0.3, -0.25) is 4.79 Å². The lowest BCUT2D eigenvalue weighted by Crippen LogP contribution is -2.38. The highest BCUT2D eigenvalue weighted by molar-refractivity contribution is 5.82. The fourth-order valence-corrected chi connectivity index (χ4v) is 4.14. The first-order valence-electron chi connectivity index (χ1n) is 9.50. The van der Waals surface area contributed by atoms with Gasteiger partial charge in [-0.25, -0.2) is 15.0 Å². The minimum absolute atomic E-state index is 0.268. The fourth-order valence-electron chi connectivity index (χ4n) is 4.14. The molecule has 0 bridgehead atoms. The molecule has 1 saturated heterocycles. The van der Waals surface area contributed by atoms with E-state index >= 15 is 0 Å². The van der Waals surface area contributed by atoms with Gasteiger partial charge < -0.3 is 15.2 Å². The number of amides is 1. The Labute approximate surface area is 147 Å². The van der Waals surface area contributed by atoms with Crippen molar-refractivity contribution >= 4 is 22.9 Å². The predicted octanol–water partition coefficient (Wildman–Crippen LogP) is 2.73. The van der Waals surface area contributed by atoms with Crippen molar-refractivity contribution in [1.29, 1.82) is 0 Å². The van der Waals surface area contributed by atoms with Gasteiger partial charge in [0.2, 0.25) is 5.91 Å². The number of imidazole rings is 1. The summed E-state index contributed by atoms with van der Waals surface area (Å²) in [4.78, 5) is 30.7. The Morgan fingerprint density at radius 2 is 1.92 bits per heavy atom. The maximum absolute atomic E-state index is 12.8. The minimum Gasteiger partial charge on any atom is -0.365 e. The Morgan fingerprint density at radius 1 is 1.04 bits per heavy atom. The van der Waals surface area contributed by atoms with E-state index in [1.54, 1.807) is 12.7 Å². The largest absolute Gasteiger partial charge is 0.365 e. The zero-order valence-corrected chi connectivity index (χ0v) is 14.6. The standard InChI is InChI=1S/C18H26N6O/c25-18(13-5-2-1-3-6-13)24-9-4-7-14(8-10-24)23-17-15-16(20-11-19-15)21-12-22-17/h11-14H,1-10H2,(H2,19,20,21,22,23). The molecule has 1 amide bonds. The van der Waals surface area contributed by atoms with Crippen molar-refractivity contribution in [2.24, 2.45) is 5.92 Å². The zero-order chi connectivity index (χ0) is 17.1. The van der Waals surface area contributed by atoms with E-state index in [1.165, 1.54) is 19.3 Å². The maximum atomic E-state index is 12.8. The molecule has 2 N–H and O–H groups in total. The first kappa shape index (κ1) is 16.3. The van der Waals surface area contributed by atoms with Gasteiger partial charge in [-0.05, 0) is 32.1 Å². The summed E-state index contributed by atoms with van der Waals surface area (Å²) in [5.41, 5.74) is 1.53. The van der Waals surface area contributed by atoms with Gasteiger partial charge in [-0.2, -0.15) is 0 Å². The number of carbonyl (C=O) groups excluding carboxylic acids is 1. The molecule has 0 aromatic carbocycles. The molecule has 4 rings (SSSR count). The summed E-state index contributed by atoms with van der Waals surface area (Å²) in [5.74, 6) is 1.46. The number of nitrogens with zero attached hydrogens (tertiary/aromatic N) is 4. The van der Waals surface area contributed by atoms with E-state index in [4.69, 9.17) is 0 Å². The molecule has 3 heterocycles. The van der Waals surface area contributed by atoms with Crippen LogP contribution in [0.1, 0.15) is 51.4 Å². The molecule has 0 spiro atoms. The summed E-state index contributed by atoms with van der Waals surface area (Å²) >= 11 is 0. The van der Waals surface area contributed by atoms with Gasteiger partial charge in [-0.15, -0.1) is 0 Å². The third-order valence-corrected chi connectivity index (χ3v) is 5.56. The van der Waals surface area contributed by atoms with Crippen molar-refractivity contribution in [1.82, 2.24) is 24.8 Å². The third kappa shape index (κ3) is 3.60. The van der Waals surface area contributed by atoms with Gasteiger partial charge in [0.15, 0.2) is 11.5 Å². The van der Waals surface area contributed by atoms with E-state index in [2.05, 4.69) is 30.2 Å². The van der Waals surface area contributed by atoms with Crippen LogP contribution in [0.4, 0.5) is 5.82 Å². The number of hydrogen-bond donors (Lipinski definition) is 2. The Hall–Kier alpha value is -2.18. The molecule has 1 aliphatic heterocycles. The predicted molar refractivity (Wildman–Crippen MR) is 96.1 cm³/mol. The molecule has 134 valence electrons. The van der Waals surface area contributed by atoms with Gasteiger partial charge >= 0.3 is 0 Å². The van der Waals surface area contributed by atoms with Crippen LogP contribution >= 0.6 is 0 Å². The molecule has 7 nitrogen and oxygen atoms in total. The van der Waals surface area contributed by atoms with Gasteiger partial charge in [0.05, 0.1) is 6.33 Å². The molecule has 25 heavy (non-hydrogen) atoms. The molecule has 1 atom stereocenters. The van der Waals surface area contributed by atoms with Crippen LogP contribution in [0.3, 0.4) is 0 Å². The Morgan fingerprint density at radius 3 is 2.80 bits per heavy atom. The molecule has 2 aromatic heterocycles. The van der Waals surface area contributed by atoms with Crippen LogP contribution in [0, 0.1) is 5.92 Å². The number of likely N-dealkylation sites (tertiary alicyclic amines) is 1. The number of rotatable bonds is 3. The average Bonchev–Trinajstić information content (AvgIpc) is 3.02. The molecule has 0 radical (unpaired) electrons. The highest BCUT2D eigenvalue weighted by Crippen LogP contribution is 2.27. The molecule has 1 saturated carbocycles. The van der Waals surface area contributed by atoms with Gasteiger partial charge in [-0.1, -0.05) is 19.3 Å². The van der Waals surface area contributed by atoms with Crippen molar-refractivity contribution in [2.45, 2.75) is 57.4 Å². The number of carbonyl (C=O) groups is 1. The van der Waals surface area contributed by atoms with Gasteiger partial charge in [0.25, 0.3) is 0 Å². The summed E-state index contributed by atoms with van der Waals surface area (Å²) in [5, 5.41) is 3.53. The summed E-state index contributed by atoms with van der Waals surface area (Å²) < 4.78 is 0. The van der Waals surface area contributed by atoms with E-state index in [0.717, 1.165) is 56.5 Å². The summed E-state index contributed by atoms with van der Waals surface area (Å²) in [6.45, 7) is 1.72. The van der Waals surface area contributed by atoms with Crippen molar-refractivity contribution in [2.75, 3.05) is 18.4 Å². The van der Waals surface area contributed by atoms with Crippen LogP contribution in [0.15, 0.2) is 12.7 Å². The van der Waals surface area contributed by atoms with E-state index in [0.29, 0.717) is 17.6 Å². The smallest absolute Gasteiger partial charge is 0.225 e. The van der Waals surface area contributed by atoms with Crippen LogP contribution in [-0.4, -0.2) is 49.9 Å². The highest BCUT2D eigenvalue weighted by Gasteiger charge is 2.28. The number of nitrogens with one attached hydrogen (secondary N) is 2. The number of H-pyrrole nitrogens is 1. The molecule has 7 heteroatoms. The van der Waals surface area contributed by atoms with Crippen LogP contribution in [0.25, 0.3) is 11.2 Å². The van der Waals surface area contributed by atoms with E-state index in [9.17, 15) is 4.79 Å². The number of anilines is 1. The monoisotopic (exact) mass is 342 g/mol. The molecule has 1 aliphatic carbocycles. The second-order valence-electron chi connectivity index (χ2n) is 7.26. The van der Waals surface area contributed by atoms with Crippen LogP contribution in [0.5, 0.6) is 0 Å². The second-order valence-corrected chi connectivity index (χ2v) is 7.26. The molecule has 1 unspecified atom stereocenters. The first-order valence-corrected chi connectivity index (χ1v) is 9.50. The van der Waals surface area contributed by atoms with Crippen molar-refractivity contribution in [3.63, 3.8) is 0 Å². The number of hydrogen-bond acceptors (Lipinski definition) is 5. The lowest BCUT2D eigenvalue weighted by Gasteiger charge is -2.28. The molecular weight excluding hydrogens is 316 g/mol. The normalized spacial score (nSPS) is 22.7. The number of fused-ring (bicyclic) bond motifs is 1. The molecule has 2 fully saturated rings. The SMILES string of the molecule is O=C(C1CCCCC1)N1CCCC(Nc2ncnc3nc[nH]c23)CC1. The van der Waals surface area contributed by atoms with Crippen LogP contribution < -0.4 is 5.32 Å². The maximum Gasteiger partial charge on any atom is 0.225 e. The first-order chi connectivity index (χ1) is 12.3.